The molecule has 1 N–H and O–H groups in total. The second kappa shape index (κ2) is 10.5. The van der Waals surface area contributed by atoms with Crippen molar-refractivity contribution in [1.29, 1.82) is 0 Å². The summed E-state index contributed by atoms with van der Waals surface area (Å²) in [7, 11) is 0. The number of aliphatic hydroxyl groups is 1. The van der Waals surface area contributed by atoms with Gasteiger partial charge < -0.3 is 19.6 Å². The second-order valence-corrected chi connectivity index (χ2v) is 11.4. The number of fused-ring (bicyclic) bond motifs is 1. The minimum Gasteiger partial charge on any atom is -0.466 e. The van der Waals surface area contributed by atoms with E-state index in [0.717, 1.165) is 6.42 Å². The lowest BCUT2D eigenvalue weighted by Gasteiger charge is -2.40. The molecule has 35 heavy (non-hydrogen) atoms. The standard InChI is InChI=1S/C26H33ClN2O5S/c1-4-12-28(18-11-7-6-10-17(18)27)24(32)22-26-16(3)15-19(35-26)20(25(33)34-5-2)21(26)23(31)29(22)13-8-9-14-30/h4,6-7,10-11,16,19-22,30H,1,5,8-9,12-15H2,2-3H3/t16?,19-,20+,21-,22?,26?/m0/s1. The van der Waals surface area contributed by atoms with Crippen molar-refractivity contribution < 1.29 is 24.2 Å². The van der Waals surface area contributed by atoms with Crippen molar-refractivity contribution in [3.63, 3.8) is 0 Å². The van der Waals surface area contributed by atoms with E-state index < -0.39 is 22.6 Å². The molecule has 1 aromatic carbocycles. The summed E-state index contributed by atoms with van der Waals surface area (Å²) in [5, 5.41) is 9.71. The topological polar surface area (TPSA) is 87.2 Å². The molecule has 9 heteroatoms. The number of nitrogens with zero attached hydrogens (tertiary/aromatic N) is 2. The number of hydrogen-bond donors (Lipinski definition) is 1. The number of ether oxygens (including phenoxy) is 1. The molecule has 3 saturated heterocycles. The van der Waals surface area contributed by atoms with E-state index in [1.54, 1.807) is 52.8 Å². The highest BCUT2D eigenvalue weighted by atomic mass is 35.5. The van der Waals surface area contributed by atoms with E-state index >= 15 is 0 Å². The van der Waals surface area contributed by atoms with Crippen molar-refractivity contribution in [3.05, 3.63) is 41.9 Å². The van der Waals surface area contributed by atoms with Crippen LogP contribution in [0.3, 0.4) is 0 Å². The number of esters is 1. The Kier molecular flexibility index (Phi) is 7.83. The van der Waals surface area contributed by atoms with Crippen LogP contribution >= 0.6 is 23.4 Å². The molecule has 2 bridgehead atoms. The number of carbonyl (C=O) groups excluding carboxylic acids is 3. The van der Waals surface area contributed by atoms with E-state index in [0.29, 0.717) is 30.1 Å². The maximum Gasteiger partial charge on any atom is 0.310 e. The van der Waals surface area contributed by atoms with Crippen LogP contribution in [-0.2, 0) is 19.1 Å². The number of anilines is 1. The predicted octanol–water partition coefficient (Wildman–Crippen LogP) is 3.53. The lowest BCUT2D eigenvalue weighted by molar-refractivity contribution is -0.154. The molecule has 0 saturated carbocycles. The van der Waals surface area contributed by atoms with Gasteiger partial charge in [-0.2, -0.15) is 0 Å². The largest absolute Gasteiger partial charge is 0.466 e. The number of halogens is 1. The van der Waals surface area contributed by atoms with Gasteiger partial charge in [0.1, 0.15) is 6.04 Å². The number of likely N-dealkylation sites (tertiary alicyclic amines) is 1. The van der Waals surface area contributed by atoms with Gasteiger partial charge in [0.05, 0.1) is 33.9 Å². The van der Waals surface area contributed by atoms with Crippen LogP contribution in [0.25, 0.3) is 0 Å². The van der Waals surface area contributed by atoms with Crippen molar-refractivity contribution >= 4 is 46.8 Å². The first kappa shape index (κ1) is 26.0. The van der Waals surface area contributed by atoms with E-state index in [1.807, 2.05) is 6.07 Å². The number of unbranched alkanes of at least 4 members (excludes halogenated alkanes) is 1. The number of para-hydroxylation sites is 1. The van der Waals surface area contributed by atoms with Gasteiger partial charge in [0.2, 0.25) is 5.91 Å². The Hall–Kier alpha value is -2.03. The van der Waals surface area contributed by atoms with Gasteiger partial charge in [0.25, 0.3) is 5.91 Å². The molecule has 0 aliphatic carbocycles. The molecule has 0 aromatic heterocycles. The van der Waals surface area contributed by atoms with E-state index in [4.69, 9.17) is 16.3 Å². The average Bonchev–Trinajstić information content (AvgIpc) is 3.42. The van der Waals surface area contributed by atoms with Crippen LogP contribution in [0.15, 0.2) is 36.9 Å². The SMILES string of the molecule is C=CCN(C(=O)C1N(CCCCO)C(=O)[C@@H]2[C@H](C(=O)OCC)[C@@H]3CC(C)C12S3)c1ccccc1Cl. The summed E-state index contributed by atoms with van der Waals surface area (Å²) >= 11 is 8.11. The zero-order valence-corrected chi connectivity index (χ0v) is 21.8. The van der Waals surface area contributed by atoms with Gasteiger partial charge in [-0.25, -0.2) is 0 Å². The average molecular weight is 521 g/mol. The summed E-state index contributed by atoms with van der Waals surface area (Å²) in [6, 6.07) is 6.39. The van der Waals surface area contributed by atoms with Crippen LogP contribution < -0.4 is 4.90 Å². The van der Waals surface area contributed by atoms with Crippen molar-refractivity contribution in [2.75, 3.05) is 31.2 Å². The van der Waals surface area contributed by atoms with Crippen LogP contribution in [0.5, 0.6) is 0 Å². The Morgan fingerprint density at radius 1 is 1.37 bits per heavy atom. The van der Waals surface area contributed by atoms with Crippen LogP contribution in [0, 0.1) is 17.8 Å². The molecule has 2 amide bonds. The van der Waals surface area contributed by atoms with E-state index in [1.165, 1.54) is 0 Å². The molecule has 0 radical (unpaired) electrons. The molecule has 1 spiro atoms. The third kappa shape index (κ3) is 4.17. The molecule has 3 fully saturated rings. The Bertz CT molecular complexity index is 1010. The summed E-state index contributed by atoms with van der Waals surface area (Å²) in [4.78, 5) is 44.6. The predicted molar refractivity (Wildman–Crippen MR) is 137 cm³/mol. The van der Waals surface area contributed by atoms with Crippen LogP contribution in [-0.4, -0.2) is 70.1 Å². The van der Waals surface area contributed by atoms with Crippen LogP contribution in [0.2, 0.25) is 5.02 Å². The van der Waals surface area contributed by atoms with Crippen molar-refractivity contribution in [3.8, 4) is 0 Å². The van der Waals surface area contributed by atoms with Crippen molar-refractivity contribution in [1.82, 2.24) is 4.90 Å². The fraction of sp³-hybridized carbons (Fsp3) is 0.577. The Morgan fingerprint density at radius 3 is 2.77 bits per heavy atom. The molecule has 6 atom stereocenters. The fourth-order valence-electron chi connectivity index (χ4n) is 6.19. The summed E-state index contributed by atoms with van der Waals surface area (Å²) in [6.07, 6.45) is 3.48. The third-order valence-electron chi connectivity index (χ3n) is 7.57. The summed E-state index contributed by atoms with van der Waals surface area (Å²) in [6.45, 7) is 8.51. The molecule has 3 unspecified atom stereocenters. The number of hydrogen-bond acceptors (Lipinski definition) is 6. The van der Waals surface area contributed by atoms with Gasteiger partial charge in [-0.3, -0.25) is 14.4 Å². The highest BCUT2D eigenvalue weighted by Gasteiger charge is 2.76. The number of aliphatic hydroxyl groups excluding tert-OH is 1. The highest BCUT2D eigenvalue weighted by Crippen LogP contribution is 2.68. The molecule has 190 valence electrons. The van der Waals surface area contributed by atoms with Gasteiger partial charge in [-0.05, 0) is 44.2 Å². The van der Waals surface area contributed by atoms with Crippen LogP contribution in [0.4, 0.5) is 5.69 Å². The quantitative estimate of drug-likeness (QED) is 0.288. The third-order valence-corrected chi connectivity index (χ3v) is 9.96. The van der Waals surface area contributed by atoms with E-state index in [-0.39, 0.29) is 48.7 Å². The monoisotopic (exact) mass is 520 g/mol. The lowest BCUT2D eigenvalue weighted by Crippen LogP contribution is -2.57. The van der Waals surface area contributed by atoms with Gasteiger partial charge in [-0.15, -0.1) is 18.3 Å². The molecule has 1 aromatic rings. The first-order chi connectivity index (χ1) is 16.8. The van der Waals surface area contributed by atoms with Crippen LogP contribution in [0.1, 0.15) is 33.1 Å². The first-order valence-electron chi connectivity index (χ1n) is 12.3. The Balaban J connectivity index is 1.80. The van der Waals surface area contributed by atoms with Crippen molar-refractivity contribution in [2.24, 2.45) is 17.8 Å². The zero-order chi connectivity index (χ0) is 25.3. The minimum absolute atomic E-state index is 0.0100. The Labute approximate surface area is 215 Å². The van der Waals surface area contributed by atoms with E-state index in [2.05, 4.69) is 13.5 Å². The molecular formula is C26H33ClN2O5S. The lowest BCUT2D eigenvalue weighted by atomic mass is 9.66. The summed E-state index contributed by atoms with van der Waals surface area (Å²) in [5.41, 5.74) is 0.564. The maximum absolute atomic E-state index is 14.4. The number of thioether (sulfide) groups is 1. The normalized spacial score (nSPS) is 30.9. The smallest absolute Gasteiger partial charge is 0.310 e. The number of carbonyl (C=O) groups is 3. The molecule has 3 aliphatic rings. The molecule has 7 nitrogen and oxygen atoms in total. The van der Waals surface area contributed by atoms with Crippen molar-refractivity contribution in [2.45, 2.75) is 49.1 Å². The van der Waals surface area contributed by atoms with Gasteiger partial charge >= 0.3 is 5.97 Å². The number of benzene rings is 1. The highest BCUT2D eigenvalue weighted by molar-refractivity contribution is 8.02. The molecular weight excluding hydrogens is 488 g/mol. The molecule has 4 rings (SSSR count). The van der Waals surface area contributed by atoms with Gasteiger partial charge in [0.15, 0.2) is 0 Å². The summed E-state index contributed by atoms with van der Waals surface area (Å²) < 4.78 is 4.66. The van der Waals surface area contributed by atoms with Gasteiger partial charge in [-0.1, -0.05) is 36.7 Å². The maximum atomic E-state index is 14.4. The van der Waals surface area contributed by atoms with Gasteiger partial charge in [0, 0.05) is 24.9 Å². The minimum atomic E-state index is -0.751. The molecule has 3 heterocycles. The zero-order valence-electron chi connectivity index (χ0n) is 20.2. The first-order valence-corrected chi connectivity index (χ1v) is 13.5. The fourth-order valence-corrected chi connectivity index (χ4v) is 8.84. The number of rotatable bonds is 10. The molecule has 3 aliphatic heterocycles. The Morgan fingerprint density at radius 2 is 2.11 bits per heavy atom. The summed E-state index contributed by atoms with van der Waals surface area (Å²) in [5.74, 6) is -1.85. The van der Waals surface area contributed by atoms with E-state index in [9.17, 15) is 19.5 Å². The number of amides is 2. The second-order valence-electron chi connectivity index (χ2n) is 9.46.